The van der Waals surface area contributed by atoms with Crippen molar-refractivity contribution in [2.45, 2.75) is 38.3 Å². The maximum atomic E-state index is 13.1. The van der Waals surface area contributed by atoms with E-state index in [1.807, 2.05) is 0 Å². The molecule has 1 aliphatic rings. The Bertz CT molecular complexity index is 457. The molecule has 0 spiro atoms. The molecule has 0 amide bonds. The van der Waals surface area contributed by atoms with Crippen molar-refractivity contribution in [2.24, 2.45) is 5.41 Å². The van der Waals surface area contributed by atoms with Gasteiger partial charge in [-0.3, -0.25) is 4.79 Å². The van der Waals surface area contributed by atoms with E-state index in [-0.39, 0.29) is 18.6 Å². The fourth-order valence-corrected chi connectivity index (χ4v) is 2.35. The SMILES string of the molecule is Cc1ccc([C@@H](CC(=O)O)C2(C(F)(F)F)CC2)o1. The van der Waals surface area contributed by atoms with Crippen LogP contribution in [0.5, 0.6) is 0 Å². The third-order valence-electron chi connectivity index (χ3n) is 3.50. The van der Waals surface area contributed by atoms with Crippen LogP contribution in [0.25, 0.3) is 0 Å². The molecule has 1 aromatic heterocycles. The molecule has 1 fully saturated rings. The Morgan fingerprint density at radius 2 is 2.11 bits per heavy atom. The third kappa shape index (κ3) is 2.11. The molecule has 0 unspecified atom stereocenters. The molecule has 1 aliphatic carbocycles. The molecule has 100 valence electrons. The van der Waals surface area contributed by atoms with Crippen molar-refractivity contribution in [2.75, 3.05) is 0 Å². The average molecular weight is 262 g/mol. The van der Waals surface area contributed by atoms with Crippen LogP contribution in [0.3, 0.4) is 0 Å². The van der Waals surface area contributed by atoms with Crippen LogP contribution in [0.1, 0.15) is 36.7 Å². The summed E-state index contributed by atoms with van der Waals surface area (Å²) in [7, 11) is 0. The van der Waals surface area contributed by atoms with E-state index in [1.54, 1.807) is 13.0 Å². The van der Waals surface area contributed by atoms with Gasteiger partial charge in [0.1, 0.15) is 11.5 Å². The third-order valence-corrected chi connectivity index (χ3v) is 3.50. The van der Waals surface area contributed by atoms with E-state index in [1.165, 1.54) is 6.07 Å². The molecule has 1 heterocycles. The van der Waals surface area contributed by atoms with E-state index in [0.717, 1.165) is 0 Å². The molecule has 1 atom stereocenters. The Kier molecular flexibility index (Phi) is 2.91. The summed E-state index contributed by atoms with van der Waals surface area (Å²) in [6.45, 7) is 1.62. The highest BCUT2D eigenvalue weighted by Gasteiger charge is 2.68. The van der Waals surface area contributed by atoms with Gasteiger partial charge in [-0.2, -0.15) is 13.2 Å². The van der Waals surface area contributed by atoms with Crippen molar-refractivity contribution < 1.29 is 27.5 Å². The number of hydrogen-bond acceptors (Lipinski definition) is 2. The Labute approximate surface area is 102 Å². The second kappa shape index (κ2) is 4.03. The van der Waals surface area contributed by atoms with Gasteiger partial charge in [-0.1, -0.05) is 0 Å². The summed E-state index contributed by atoms with van der Waals surface area (Å²) in [5.41, 5.74) is -1.92. The molecule has 0 aromatic carbocycles. The standard InChI is InChI=1S/C12H13F3O3/c1-7-2-3-9(18-7)8(6-10(16)17)11(4-5-11)12(13,14)15/h2-3,8H,4-6H2,1H3,(H,16,17)/t8-/m1/s1. The number of alkyl halides is 3. The van der Waals surface area contributed by atoms with Crippen molar-refractivity contribution in [3.05, 3.63) is 23.7 Å². The van der Waals surface area contributed by atoms with E-state index in [0.29, 0.717) is 5.76 Å². The quantitative estimate of drug-likeness (QED) is 0.903. The Morgan fingerprint density at radius 3 is 2.44 bits per heavy atom. The monoisotopic (exact) mass is 262 g/mol. The van der Waals surface area contributed by atoms with E-state index in [2.05, 4.69) is 0 Å². The van der Waals surface area contributed by atoms with Crippen LogP contribution in [0, 0.1) is 12.3 Å². The lowest BCUT2D eigenvalue weighted by atomic mass is 9.83. The number of carboxylic acid groups (broad SMARTS) is 1. The van der Waals surface area contributed by atoms with Crippen molar-refractivity contribution >= 4 is 5.97 Å². The van der Waals surface area contributed by atoms with Crippen molar-refractivity contribution in [1.82, 2.24) is 0 Å². The minimum Gasteiger partial charge on any atom is -0.481 e. The zero-order valence-electron chi connectivity index (χ0n) is 9.75. The lowest BCUT2D eigenvalue weighted by Crippen LogP contribution is -2.32. The summed E-state index contributed by atoms with van der Waals surface area (Å²) in [5.74, 6) is -1.78. The summed E-state index contributed by atoms with van der Waals surface area (Å²) < 4.78 is 44.4. The van der Waals surface area contributed by atoms with Gasteiger partial charge in [0.25, 0.3) is 0 Å². The topological polar surface area (TPSA) is 50.4 Å². The van der Waals surface area contributed by atoms with E-state index in [4.69, 9.17) is 9.52 Å². The number of carboxylic acids is 1. The van der Waals surface area contributed by atoms with Crippen molar-refractivity contribution in [3.8, 4) is 0 Å². The maximum Gasteiger partial charge on any atom is 0.395 e. The lowest BCUT2D eigenvalue weighted by Gasteiger charge is -2.26. The molecule has 0 bridgehead atoms. The second-order valence-electron chi connectivity index (χ2n) is 4.75. The van der Waals surface area contributed by atoms with Crippen LogP contribution in [0.15, 0.2) is 16.5 Å². The number of halogens is 3. The molecular formula is C12H13F3O3. The predicted molar refractivity (Wildman–Crippen MR) is 56.2 cm³/mol. The van der Waals surface area contributed by atoms with Gasteiger partial charge in [-0.15, -0.1) is 0 Å². The Hall–Kier alpha value is -1.46. The van der Waals surface area contributed by atoms with Crippen LogP contribution in [0.4, 0.5) is 13.2 Å². The van der Waals surface area contributed by atoms with Gasteiger partial charge in [-0.05, 0) is 31.9 Å². The molecule has 1 N–H and O–H groups in total. The molecule has 1 aromatic rings. The molecule has 6 heteroatoms. The zero-order chi connectivity index (χ0) is 13.6. The molecule has 0 saturated heterocycles. The van der Waals surface area contributed by atoms with Gasteiger partial charge < -0.3 is 9.52 Å². The summed E-state index contributed by atoms with van der Waals surface area (Å²) in [6, 6.07) is 2.99. The predicted octanol–water partition coefficient (Wildman–Crippen LogP) is 3.49. The Morgan fingerprint density at radius 1 is 1.50 bits per heavy atom. The number of carbonyl (C=O) groups is 1. The second-order valence-corrected chi connectivity index (χ2v) is 4.75. The molecule has 0 aliphatic heterocycles. The number of aryl methyl sites for hydroxylation is 1. The van der Waals surface area contributed by atoms with Crippen LogP contribution in [-0.2, 0) is 4.79 Å². The number of rotatable bonds is 4. The van der Waals surface area contributed by atoms with Crippen LogP contribution in [0.2, 0.25) is 0 Å². The van der Waals surface area contributed by atoms with Crippen LogP contribution >= 0.6 is 0 Å². The molecule has 18 heavy (non-hydrogen) atoms. The molecule has 0 radical (unpaired) electrons. The largest absolute Gasteiger partial charge is 0.481 e. The van der Waals surface area contributed by atoms with Gasteiger partial charge in [0.05, 0.1) is 11.8 Å². The maximum absolute atomic E-state index is 13.1. The van der Waals surface area contributed by atoms with Gasteiger partial charge in [-0.25, -0.2) is 0 Å². The highest BCUT2D eigenvalue weighted by Crippen LogP contribution is 2.66. The number of hydrogen-bond donors (Lipinski definition) is 1. The van der Waals surface area contributed by atoms with Gasteiger partial charge in [0.15, 0.2) is 0 Å². The minimum absolute atomic E-state index is 0.0335. The van der Waals surface area contributed by atoms with E-state index in [9.17, 15) is 18.0 Å². The van der Waals surface area contributed by atoms with Gasteiger partial charge in [0, 0.05) is 5.92 Å². The fraction of sp³-hybridized carbons (Fsp3) is 0.583. The average Bonchev–Trinajstić information content (AvgIpc) is 2.93. The zero-order valence-corrected chi connectivity index (χ0v) is 9.75. The van der Waals surface area contributed by atoms with E-state index >= 15 is 0 Å². The molecule has 1 saturated carbocycles. The first-order valence-corrected chi connectivity index (χ1v) is 5.61. The lowest BCUT2D eigenvalue weighted by molar-refractivity contribution is -0.196. The summed E-state index contributed by atoms with van der Waals surface area (Å²) in [5, 5.41) is 8.80. The number of furan rings is 1. The first kappa shape index (κ1) is 13.0. The minimum atomic E-state index is -4.40. The van der Waals surface area contributed by atoms with Gasteiger partial charge >= 0.3 is 12.1 Å². The van der Waals surface area contributed by atoms with E-state index < -0.39 is 29.9 Å². The normalized spacial score (nSPS) is 19.6. The molecule has 3 nitrogen and oxygen atoms in total. The molecular weight excluding hydrogens is 249 g/mol. The summed E-state index contributed by atoms with van der Waals surface area (Å²) >= 11 is 0. The van der Waals surface area contributed by atoms with Gasteiger partial charge in [0.2, 0.25) is 0 Å². The first-order chi connectivity index (χ1) is 8.26. The van der Waals surface area contributed by atoms with Crippen molar-refractivity contribution in [1.29, 1.82) is 0 Å². The summed E-state index contributed by atoms with van der Waals surface area (Å²) in [6.07, 6.45) is -5.03. The van der Waals surface area contributed by atoms with Crippen LogP contribution in [-0.4, -0.2) is 17.3 Å². The Balaban J connectivity index is 2.35. The highest BCUT2D eigenvalue weighted by molar-refractivity contribution is 5.68. The smallest absolute Gasteiger partial charge is 0.395 e. The highest BCUT2D eigenvalue weighted by atomic mass is 19.4. The van der Waals surface area contributed by atoms with Crippen LogP contribution < -0.4 is 0 Å². The fourth-order valence-electron chi connectivity index (χ4n) is 2.35. The molecule has 2 rings (SSSR count). The van der Waals surface area contributed by atoms with Crippen molar-refractivity contribution in [3.63, 3.8) is 0 Å². The summed E-state index contributed by atoms with van der Waals surface area (Å²) in [4.78, 5) is 10.8. The number of aliphatic carboxylic acids is 1. The first-order valence-electron chi connectivity index (χ1n) is 5.61.